The predicted octanol–water partition coefficient (Wildman–Crippen LogP) is 2.53. The van der Waals surface area contributed by atoms with Crippen molar-refractivity contribution in [3.05, 3.63) is 58.5 Å². The summed E-state index contributed by atoms with van der Waals surface area (Å²) in [5, 5.41) is 0. The number of hydrogen-bond donors (Lipinski definition) is 2. The lowest BCUT2D eigenvalue weighted by Crippen LogP contribution is -2.40. The predicted molar refractivity (Wildman–Crippen MR) is 84.0 cm³/mol. The molecule has 1 aromatic heterocycles. The van der Waals surface area contributed by atoms with Gasteiger partial charge in [0.15, 0.2) is 0 Å². The molecule has 114 valence electrons. The van der Waals surface area contributed by atoms with Crippen molar-refractivity contribution < 1.29 is 18.7 Å². The van der Waals surface area contributed by atoms with E-state index in [1.54, 1.807) is 30.3 Å². The van der Waals surface area contributed by atoms with Gasteiger partial charge in [-0.15, -0.1) is 0 Å². The molecule has 0 aliphatic carbocycles. The minimum absolute atomic E-state index is 0.378. The van der Waals surface area contributed by atoms with Gasteiger partial charge in [0.1, 0.15) is 11.5 Å². The van der Waals surface area contributed by atoms with Crippen LogP contribution in [0.25, 0.3) is 6.08 Å². The van der Waals surface area contributed by atoms with Gasteiger partial charge < -0.3 is 9.15 Å². The molecule has 6 nitrogen and oxygen atoms in total. The molecule has 0 fully saturated rings. The number of ether oxygens (including phenoxy) is 1. The smallest absolute Gasteiger partial charge is 0.269 e. The van der Waals surface area contributed by atoms with Gasteiger partial charge in [-0.3, -0.25) is 20.4 Å². The van der Waals surface area contributed by atoms with Gasteiger partial charge in [-0.2, -0.15) is 0 Å². The molecule has 1 heterocycles. The van der Waals surface area contributed by atoms with E-state index < -0.39 is 11.8 Å². The standard InChI is InChI=1S/C15H13BrN2O4/c1-21-13-6-4-10(9-12(13)16)15(20)18-17-14(19)7-5-11-3-2-8-22-11/h2-9H,1H3,(H,17,19)(H,18,20)/b7-5-. The van der Waals surface area contributed by atoms with Crippen LogP contribution in [0.2, 0.25) is 0 Å². The summed E-state index contributed by atoms with van der Waals surface area (Å²) in [7, 11) is 1.53. The Labute approximate surface area is 135 Å². The van der Waals surface area contributed by atoms with Crippen LogP contribution in [0.3, 0.4) is 0 Å². The topological polar surface area (TPSA) is 80.6 Å². The second-order valence-corrected chi connectivity index (χ2v) is 5.00. The molecule has 2 N–H and O–H groups in total. The van der Waals surface area contributed by atoms with Gasteiger partial charge in [0, 0.05) is 11.6 Å². The van der Waals surface area contributed by atoms with Crippen LogP contribution in [-0.4, -0.2) is 18.9 Å². The Balaban J connectivity index is 1.89. The van der Waals surface area contributed by atoms with Crippen molar-refractivity contribution in [1.82, 2.24) is 10.9 Å². The number of hydrogen-bond acceptors (Lipinski definition) is 4. The van der Waals surface area contributed by atoms with Crippen molar-refractivity contribution >= 4 is 33.8 Å². The second-order valence-electron chi connectivity index (χ2n) is 4.14. The summed E-state index contributed by atoms with van der Waals surface area (Å²) in [5.41, 5.74) is 4.97. The highest BCUT2D eigenvalue weighted by atomic mass is 79.9. The van der Waals surface area contributed by atoms with E-state index in [1.807, 2.05) is 0 Å². The van der Waals surface area contributed by atoms with Crippen LogP contribution in [0.4, 0.5) is 0 Å². The average molecular weight is 365 g/mol. The molecule has 2 rings (SSSR count). The van der Waals surface area contributed by atoms with Crippen LogP contribution in [0, 0.1) is 0 Å². The first-order valence-electron chi connectivity index (χ1n) is 6.25. The summed E-state index contributed by atoms with van der Waals surface area (Å²) >= 11 is 3.29. The number of hydrazine groups is 1. The maximum Gasteiger partial charge on any atom is 0.269 e. The number of benzene rings is 1. The Hall–Kier alpha value is -2.54. The molecule has 2 aromatic rings. The highest BCUT2D eigenvalue weighted by molar-refractivity contribution is 9.10. The van der Waals surface area contributed by atoms with Gasteiger partial charge in [-0.1, -0.05) is 0 Å². The summed E-state index contributed by atoms with van der Waals surface area (Å²) < 4.78 is 10.8. The third-order valence-electron chi connectivity index (χ3n) is 2.66. The van der Waals surface area contributed by atoms with Gasteiger partial charge in [-0.05, 0) is 52.3 Å². The molecule has 0 unspecified atom stereocenters. The molecular weight excluding hydrogens is 352 g/mol. The maximum absolute atomic E-state index is 11.9. The maximum atomic E-state index is 11.9. The number of furan rings is 1. The normalized spacial score (nSPS) is 10.5. The van der Waals surface area contributed by atoms with E-state index in [0.717, 1.165) is 0 Å². The van der Waals surface area contributed by atoms with Crippen molar-refractivity contribution in [3.63, 3.8) is 0 Å². The summed E-state index contributed by atoms with van der Waals surface area (Å²) in [6.45, 7) is 0. The van der Waals surface area contributed by atoms with Crippen LogP contribution >= 0.6 is 15.9 Å². The summed E-state index contributed by atoms with van der Waals surface area (Å²) in [6, 6.07) is 8.25. The lowest BCUT2D eigenvalue weighted by atomic mass is 10.2. The Morgan fingerprint density at radius 2 is 2.09 bits per heavy atom. The molecule has 0 radical (unpaired) electrons. The Bertz CT molecular complexity index is 696. The van der Waals surface area contributed by atoms with Crippen LogP contribution in [0.1, 0.15) is 16.1 Å². The fourth-order valence-corrected chi connectivity index (χ4v) is 2.12. The zero-order valence-corrected chi connectivity index (χ0v) is 13.2. The van der Waals surface area contributed by atoms with Crippen molar-refractivity contribution in [2.75, 3.05) is 7.11 Å². The van der Waals surface area contributed by atoms with Gasteiger partial charge in [-0.25, -0.2) is 0 Å². The number of halogens is 1. The minimum Gasteiger partial charge on any atom is -0.496 e. The lowest BCUT2D eigenvalue weighted by Gasteiger charge is -2.07. The van der Waals surface area contributed by atoms with Crippen molar-refractivity contribution in [3.8, 4) is 5.75 Å². The molecule has 2 amide bonds. The SMILES string of the molecule is COc1ccc(C(=O)NNC(=O)/C=C\c2ccco2)cc1Br. The summed E-state index contributed by atoms with van der Waals surface area (Å²) in [5.74, 6) is 0.239. The first-order valence-corrected chi connectivity index (χ1v) is 7.05. The number of carbonyl (C=O) groups excluding carboxylic acids is 2. The van der Waals surface area contributed by atoms with Crippen LogP contribution < -0.4 is 15.6 Å². The van der Waals surface area contributed by atoms with E-state index in [2.05, 4.69) is 26.8 Å². The van der Waals surface area contributed by atoms with E-state index in [0.29, 0.717) is 21.5 Å². The Morgan fingerprint density at radius 3 is 2.73 bits per heavy atom. The first kappa shape index (κ1) is 15.8. The molecule has 0 saturated carbocycles. The van der Waals surface area contributed by atoms with Gasteiger partial charge >= 0.3 is 0 Å². The molecular formula is C15H13BrN2O4. The minimum atomic E-state index is -0.475. The van der Waals surface area contributed by atoms with Gasteiger partial charge in [0.05, 0.1) is 17.8 Å². The van der Waals surface area contributed by atoms with E-state index in [4.69, 9.17) is 9.15 Å². The van der Waals surface area contributed by atoms with Crippen molar-refractivity contribution in [1.29, 1.82) is 0 Å². The fourth-order valence-electron chi connectivity index (χ4n) is 1.58. The lowest BCUT2D eigenvalue weighted by molar-refractivity contribution is -0.117. The average Bonchev–Trinajstić information content (AvgIpc) is 3.03. The molecule has 0 aliphatic rings. The van der Waals surface area contributed by atoms with Crippen LogP contribution in [0.5, 0.6) is 5.75 Å². The first-order chi connectivity index (χ1) is 10.6. The summed E-state index contributed by atoms with van der Waals surface area (Å²) in [6.07, 6.45) is 4.25. The number of carbonyl (C=O) groups is 2. The number of rotatable bonds is 4. The molecule has 0 spiro atoms. The highest BCUT2D eigenvalue weighted by Crippen LogP contribution is 2.25. The zero-order chi connectivity index (χ0) is 15.9. The van der Waals surface area contributed by atoms with Gasteiger partial charge in [0.25, 0.3) is 11.8 Å². The molecule has 0 bridgehead atoms. The van der Waals surface area contributed by atoms with E-state index in [9.17, 15) is 9.59 Å². The van der Waals surface area contributed by atoms with E-state index in [1.165, 1.54) is 25.5 Å². The number of nitrogens with one attached hydrogen (secondary N) is 2. The summed E-state index contributed by atoms with van der Waals surface area (Å²) in [4.78, 5) is 23.5. The molecule has 1 aromatic carbocycles. The monoisotopic (exact) mass is 364 g/mol. The largest absolute Gasteiger partial charge is 0.496 e. The second kappa shape index (κ2) is 7.46. The third kappa shape index (κ3) is 4.23. The van der Waals surface area contributed by atoms with E-state index >= 15 is 0 Å². The zero-order valence-electron chi connectivity index (χ0n) is 11.6. The molecule has 7 heteroatoms. The molecule has 22 heavy (non-hydrogen) atoms. The van der Waals surface area contributed by atoms with Crippen LogP contribution in [0.15, 0.2) is 51.6 Å². The molecule has 0 atom stereocenters. The highest BCUT2D eigenvalue weighted by Gasteiger charge is 2.09. The molecule has 0 aliphatic heterocycles. The molecule has 0 saturated heterocycles. The quantitative estimate of drug-likeness (QED) is 0.645. The fraction of sp³-hybridized carbons (Fsp3) is 0.0667. The van der Waals surface area contributed by atoms with Crippen molar-refractivity contribution in [2.45, 2.75) is 0 Å². The third-order valence-corrected chi connectivity index (χ3v) is 3.28. The van der Waals surface area contributed by atoms with Crippen LogP contribution in [-0.2, 0) is 4.79 Å². The number of methoxy groups -OCH3 is 1. The van der Waals surface area contributed by atoms with E-state index in [-0.39, 0.29) is 0 Å². The Kier molecular flexibility index (Phi) is 5.37. The van der Waals surface area contributed by atoms with Gasteiger partial charge in [0.2, 0.25) is 0 Å². The number of amides is 2. The van der Waals surface area contributed by atoms with Crippen molar-refractivity contribution in [2.24, 2.45) is 0 Å². The Morgan fingerprint density at radius 1 is 1.27 bits per heavy atom.